The average molecular weight is 368 g/mol. The molecular formula is C17H24N2O5S. The summed E-state index contributed by atoms with van der Waals surface area (Å²) in [6.07, 6.45) is 2.01. The van der Waals surface area contributed by atoms with Crippen LogP contribution in [0, 0.1) is 5.92 Å². The SMILES string of the molecule is C=CCOC(=O)[C@@H](NS(=O)(=O)c1ccc(NC(C)=O)cc1)[C@@H](C)CC. The number of ether oxygens (including phenoxy) is 1. The van der Waals surface area contributed by atoms with Gasteiger partial charge in [-0.3, -0.25) is 9.59 Å². The Morgan fingerprint density at radius 2 is 1.88 bits per heavy atom. The first-order chi connectivity index (χ1) is 11.7. The monoisotopic (exact) mass is 368 g/mol. The van der Waals surface area contributed by atoms with Crippen molar-refractivity contribution < 1.29 is 22.7 Å². The third kappa shape index (κ3) is 6.32. The summed E-state index contributed by atoms with van der Waals surface area (Å²) in [6.45, 7) is 8.46. The predicted octanol–water partition coefficient (Wildman–Crippen LogP) is 2.07. The highest BCUT2D eigenvalue weighted by Gasteiger charge is 2.30. The molecule has 25 heavy (non-hydrogen) atoms. The summed E-state index contributed by atoms with van der Waals surface area (Å²) >= 11 is 0. The summed E-state index contributed by atoms with van der Waals surface area (Å²) in [5.41, 5.74) is 0.482. The Morgan fingerprint density at radius 3 is 2.36 bits per heavy atom. The van der Waals surface area contributed by atoms with Gasteiger partial charge >= 0.3 is 5.97 Å². The van der Waals surface area contributed by atoms with E-state index < -0.39 is 22.0 Å². The summed E-state index contributed by atoms with van der Waals surface area (Å²) < 4.78 is 32.5. The van der Waals surface area contributed by atoms with Crippen molar-refractivity contribution in [2.24, 2.45) is 5.92 Å². The zero-order valence-corrected chi connectivity index (χ0v) is 15.4. The Hall–Kier alpha value is -2.19. The Morgan fingerprint density at radius 1 is 1.28 bits per heavy atom. The Kier molecular flexibility index (Phi) is 7.79. The molecule has 0 aliphatic rings. The van der Waals surface area contributed by atoms with E-state index in [1.165, 1.54) is 37.3 Å². The number of benzene rings is 1. The second kappa shape index (κ2) is 9.33. The van der Waals surface area contributed by atoms with Crippen LogP contribution in [0.2, 0.25) is 0 Å². The van der Waals surface area contributed by atoms with Gasteiger partial charge in [-0.2, -0.15) is 4.72 Å². The Labute approximate surface area is 148 Å². The molecule has 2 atom stereocenters. The average Bonchev–Trinajstić information content (AvgIpc) is 2.56. The van der Waals surface area contributed by atoms with Crippen LogP contribution in [0.4, 0.5) is 5.69 Å². The van der Waals surface area contributed by atoms with E-state index in [1.54, 1.807) is 6.92 Å². The van der Waals surface area contributed by atoms with Gasteiger partial charge in [0.2, 0.25) is 15.9 Å². The van der Waals surface area contributed by atoms with Crippen LogP contribution in [-0.2, 0) is 24.3 Å². The number of rotatable bonds is 9. The molecule has 0 saturated heterocycles. The van der Waals surface area contributed by atoms with Gasteiger partial charge in [0.1, 0.15) is 12.6 Å². The highest BCUT2D eigenvalue weighted by molar-refractivity contribution is 7.89. The number of anilines is 1. The fraction of sp³-hybridized carbons (Fsp3) is 0.412. The molecule has 7 nitrogen and oxygen atoms in total. The second-order valence-electron chi connectivity index (χ2n) is 5.61. The smallest absolute Gasteiger partial charge is 0.324 e. The van der Waals surface area contributed by atoms with Crippen LogP contribution in [0.5, 0.6) is 0 Å². The van der Waals surface area contributed by atoms with Crippen molar-refractivity contribution in [2.75, 3.05) is 11.9 Å². The lowest BCUT2D eigenvalue weighted by Crippen LogP contribution is -2.45. The molecule has 0 aliphatic heterocycles. The largest absolute Gasteiger partial charge is 0.460 e. The fourth-order valence-corrected chi connectivity index (χ4v) is 3.31. The quantitative estimate of drug-likeness (QED) is 0.513. The van der Waals surface area contributed by atoms with Gasteiger partial charge in [0.15, 0.2) is 0 Å². The molecule has 0 saturated carbocycles. The normalized spacial score (nSPS) is 13.6. The predicted molar refractivity (Wildman–Crippen MR) is 95.5 cm³/mol. The van der Waals surface area contributed by atoms with E-state index >= 15 is 0 Å². The molecule has 0 heterocycles. The van der Waals surface area contributed by atoms with E-state index in [9.17, 15) is 18.0 Å². The van der Waals surface area contributed by atoms with Crippen LogP contribution in [0.3, 0.4) is 0 Å². The van der Waals surface area contributed by atoms with Gasteiger partial charge in [-0.1, -0.05) is 32.9 Å². The van der Waals surface area contributed by atoms with Gasteiger partial charge in [0.25, 0.3) is 0 Å². The molecule has 0 fully saturated rings. The highest BCUT2D eigenvalue weighted by atomic mass is 32.2. The van der Waals surface area contributed by atoms with Gasteiger partial charge in [-0.25, -0.2) is 8.42 Å². The first-order valence-electron chi connectivity index (χ1n) is 7.88. The summed E-state index contributed by atoms with van der Waals surface area (Å²) in [6, 6.07) is 4.67. The number of hydrogen-bond donors (Lipinski definition) is 2. The minimum Gasteiger partial charge on any atom is -0.460 e. The summed E-state index contributed by atoms with van der Waals surface area (Å²) in [5.74, 6) is -1.14. The second-order valence-corrected chi connectivity index (χ2v) is 7.32. The molecule has 0 bridgehead atoms. The summed E-state index contributed by atoms with van der Waals surface area (Å²) in [7, 11) is -3.92. The first kappa shape index (κ1) is 20.9. The molecule has 2 N–H and O–H groups in total. The van der Waals surface area contributed by atoms with Gasteiger partial charge in [-0.05, 0) is 30.2 Å². The molecule has 0 aromatic heterocycles. The van der Waals surface area contributed by atoms with Gasteiger partial charge in [0, 0.05) is 12.6 Å². The van der Waals surface area contributed by atoms with Crippen LogP contribution in [0.25, 0.3) is 0 Å². The third-order valence-electron chi connectivity index (χ3n) is 3.58. The minimum absolute atomic E-state index is 0.00794. The van der Waals surface area contributed by atoms with Crippen LogP contribution >= 0.6 is 0 Å². The number of carbonyl (C=O) groups excluding carboxylic acids is 2. The fourth-order valence-electron chi connectivity index (χ4n) is 2.02. The lowest BCUT2D eigenvalue weighted by Gasteiger charge is -2.22. The van der Waals surface area contributed by atoms with E-state index in [1.807, 2.05) is 6.92 Å². The third-order valence-corrected chi connectivity index (χ3v) is 5.03. The molecule has 1 aromatic rings. The number of amides is 1. The van der Waals surface area contributed by atoms with Gasteiger partial charge in [0.05, 0.1) is 4.90 Å². The molecule has 0 aliphatic carbocycles. The Bertz CT molecular complexity index is 713. The highest BCUT2D eigenvalue weighted by Crippen LogP contribution is 2.17. The maximum absolute atomic E-state index is 12.5. The molecule has 8 heteroatoms. The molecule has 1 amide bonds. The van der Waals surface area contributed by atoms with Crippen molar-refractivity contribution in [1.82, 2.24) is 4.72 Å². The Balaban J connectivity index is 2.99. The zero-order valence-electron chi connectivity index (χ0n) is 14.6. The van der Waals surface area contributed by atoms with E-state index in [0.717, 1.165) is 0 Å². The molecule has 1 rings (SSSR count). The topological polar surface area (TPSA) is 102 Å². The van der Waals surface area contributed by atoms with Crippen LogP contribution < -0.4 is 10.0 Å². The summed E-state index contributed by atoms with van der Waals surface area (Å²) in [5, 5.41) is 2.56. The molecule has 138 valence electrons. The number of nitrogens with one attached hydrogen (secondary N) is 2. The van der Waals surface area contributed by atoms with E-state index in [4.69, 9.17) is 4.74 Å². The van der Waals surface area contributed by atoms with E-state index in [0.29, 0.717) is 12.1 Å². The maximum atomic E-state index is 12.5. The van der Waals surface area contributed by atoms with Crippen molar-refractivity contribution in [3.05, 3.63) is 36.9 Å². The van der Waals surface area contributed by atoms with Crippen LogP contribution in [-0.4, -0.2) is 32.9 Å². The molecule has 1 aromatic carbocycles. The lowest BCUT2D eigenvalue weighted by atomic mass is 10.0. The van der Waals surface area contributed by atoms with Crippen molar-refractivity contribution in [1.29, 1.82) is 0 Å². The van der Waals surface area contributed by atoms with Gasteiger partial charge in [-0.15, -0.1) is 0 Å². The summed E-state index contributed by atoms with van der Waals surface area (Å²) in [4.78, 5) is 23.1. The first-order valence-corrected chi connectivity index (χ1v) is 9.37. The number of sulfonamides is 1. The minimum atomic E-state index is -3.92. The van der Waals surface area contributed by atoms with Crippen molar-refractivity contribution in [3.8, 4) is 0 Å². The lowest BCUT2D eigenvalue weighted by molar-refractivity contribution is -0.145. The molecule has 0 spiro atoms. The maximum Gasteiger partial charge on any atom is 0.324 e. The zero-order chi connectivity index (χ0) is 19.0. The van der Waals surface area contributed by atoms with E-state index in [2.05, 4.69) is 16.6 Å². The van der Waals surface area contributed by atoms with Crippen molar-refractivity contribution in [2.45, 2.75) is 38.1 Å². The van der Waals surface area contributed by atoms with E-state index in [-0.39, 0.29) is 23.3 Å². The molecule has 0 unspecified atom stereocenters. The standard InChI is InChI=1S/C17H24N2O5S/c1-5-11-24-17(21)16(12(3)6-2)19-25(22,23)15-9-7-14(8-10-15)18-13(4)20/h5,7-10,12,16,19H,1,6,11H2,2-4H3,(H,18,20)/t12-,16-/m0/s1. The number of esters is 1. The van der Waals surface area contributed by atoms with Crippen LogP contribution in [0.15, 0.2) is 41.8 Å². The number of carbonyl (C=O) groups is 2. The molecule has 0 radical (unpaired) electrons. The number of hydrogen-bond acceptors (Lipinski definition) is 5. The van der Waals surface area contributed by atoms with Crippen molar-refractivity contribution in [3.63, 3.8) is 0 Å². The molecular weight excluding hydrogens is 344 g/mol. The van der Waals surface area contributed by atoms with Gasteiger partial charge < -0.3 is 10.1 Å². The van der Waals surface area contributed by atoms with Crippen molar-refractivity contribution >= 4 is 27.6 Å². The van der Waals surface area contributed by atoms with Crippen LogP contribution in [0.1, 0.15) is 27.2 Å².